The van der Waals surface area contributed by atoms with Crippen molar-refractivity contribution in [2.75, 3.05) is 0 Å². The van der Waals surface area contributed by atoms with E-state index in [1.165, 1.54) is 0 Å². The second kappa shape index (κ2) is 7.39. The first-order chi connectivity index (χ1) is 16.9. The van der Waals surface area contributed by atoms with Crippen LogP contribution < -0.4 is 0 Å². The summed E-state index contributed by atoms with van der Waals surface area (Å²) in [4.78, 5) is 23.6. The number of nitrogens with zero attached hydrogens (tertiary/aromatic N) is 5. The Kier molecular flexibility index (Phi) is 4.08. The molecule has 0 saturated carbocycles. The fraction of sp³-hybridized carbons (Fsp3) is 0. The van der Waals surface area contributed by atoms with Gasteiger partial charge in [-0.1, -0.05) is 30.3 Å². The Morgan fingerprint density at radius 1 is 0.412 bits per heavy atom. The molecule has 0 bridgehead atoms. The van der Waals surface area contributed by atoms with Crippen molar-refractivity contribution in [2.24, 2.45) is 0 Å². The fourth-order valence-electron chi connectivity index (χ4n) is 4.71. The van der Waals surface area contributed by atoms with Crippen LogP contribution in [0, 0.1) is 0 Å². The number of hydrogen-bond donors (Lipinski definition) is 0. The normalized spacial score (nSPS) is 11.5. The molecule has 0 N–H and O–H groups in total. The van der Waals surface area contributed by atoms with E-state index in [4.69, 9.17) is 4.98 Å². The molecule has 0 fully saturated rings. The van der Waals surface area contributed by atoms with E-state index in [2.05, 4.69) is 74.5 Å². The van der Waals surface area contributed by atoms with Gasteiger partial charge in [0.05, 0.1) is 33.5 Å². The van der Waals surface area contributed by atoms with Gasteiger partial charge in [-0.25, -0.2) is 4.98 Å². The minimum atomic E-state index is 0.884. The molecule has 0 aliphatic rings. The largest absolute Gasteiger partial charge is 0.254 e. The molecule has 5 heteroatoms. The topological polar surface area (TPSA) is 64.5 Å². The summed E-state index contributed by atoms with van der Waals surface area (Å²) in [6, 6.07) is 26.6. The molecule has 158 valence electrons. The van der Waals surface area contributed by atoms with Crippen molar-refractivity contribution < 1.29 is 0 Å². The highest BCUT2D eigenvalue weighted by Gasteiger charge is 2.14. The van der Waals surface area contributed by atoms with Crippen molar-refractivity contribution in [3.63, 3.8) is 0 Å². The van der Waals surface area contributed by atoms with Crippen molar-refractivity contribution in [1.29, 1.82) is 0 Å². The van der Waals surface area contributed by atoms with E-state index < -0.39 is 0 Å². The van der Waals surface area contributed by atoms with Crippen LogP contribution in [0.2, 0.25) is 0 Å². The molecule has 34 heavy (non-hydrogen) atoms. The van der Waals surface area contributed by atoms with Gasteiger partial charge in [-0.2, -0.15) is 0 Å². The zero-order chi connectivity index (χ0) is 22.5. The van der Waals surface area contributed by atoms with Gasteiger partial charge in [0.25, 0.3) is 0 Å². The van der Waals surface area contributed by atoms with Gasteiger partial charge in [-0.05, 0) is 48.5 Å². The molecule has 0 radical (unpaired) electrons. The van der Waals surface area contributed by atoms with E-state index in [0.717, 1.165) is 66.1 Å². The number of aromatic nitrogens is 5. The molecular formula is C29H17N5. The quantitative estimate of drug-likeness (QED) is 0.286. The van der Waals surface area contributed by atoms with Crippen LogP contribution >= 0.6 is 0 Å². The van der Waals surface area contributed by atoms with Gasteiger partial charge in [0.2, 0.25) is 0 Å². The first-order valence-electron chi connectivity index (χ1n) is 11.1. The van der Waals surface area contributed by atoms with Gasteiger partial charge in [0.1, 0.15) is 0 Å². The second-order valence-electron chi connectivity index (χ2n) is 8.21. The van der Waals surface area contributed by atoms with Crippen LogP contribution in [0.15, 0.2) is 104 Å². The van der Waals surface area contributed by atoms with Crippen molar-refractivity contribution >= 4 is 43.6 Å². The summed E-state index contributed by atoms with van der Waals surface area (Å²) in [5.41, 5.74) is 7.43. The predicted molar refractivity (Wildman–Crippen MR) is 136 cm³/mol. The minimum Gasteiger partial charge on any atom is -0.254 e. The Bertz CT molecular complexity index is 1740. The molecule has 0 saturated heterocycles. The third-order valence-electron chi connectivity index (χ3n) is 6.22. The molecule has 5 heterocycles. The van der Waals surface area contributed by atoms with E-state index in [1.807, 2.05) is 49.1 Å². The number of hydrogen-bond acceptors (Lipinski definition) is 5. The summed E-state index contributed by atoms with van der Waals surface area (Å²) in [6.07, 6.45) is 7.24. The highest BCUT2D eigenvalue weighted by atomic mass is 14.8. The highest BCUT2D eigenvalue weighted by molar-refractivity contribution is 6.11. The molecule has 5 aromatic heterocycles. The van der Waals surface area contributed by atoms with E-state index in [-0.39, 0.29) is 0 Å². The van der Waals surface area contributed by atoms with Gasteiger partial charge in [0, 0.05) is 57.5 Å². The molecule has 0 aliphatic heterocycles. The number of rotatable bonds is 2. The average Bonchev–Trinajstić information content (AvgIpc) is 2.92. The van der Waals surface area contributed by atoms with Gasteiger partial charge >= 0.3 is 0 Å². The van der Waals surface area contributed by atoms with Crippen molar-refractivity contribution in [1.82, 2.24) is 24.9 Å². The maximum absolute atomic E-state index is 5.13. The molecule has 0 unspecified atom stereocenters. The van der Waals surface area contributed by atoms with Crippen LogP contribution in [-0.2, 0) is 0 Å². The van der Waals surface area contributed by atoms with Crippen LogP contribution in [0.5, 0.6) is 0 Å². The lowest BCUT2D eigenvalue weighted by molar-refractivity contribution is 1.32. The molecule has 0 atom stereocenters. The molecule has 5 nitrogen and oxygen atoms in total. The molecule has 0 spiro atoms. The van der Waals surface area contributed by atoms with Crippen LogP contribution in [0.3, 0.4) is 0 Å². The smallest absolute Gasteiger partial charge is 0.0971 e. The third-order valence-corrected chi connectivity index (χ3v) is 6.22. The third kappa shape index (κ3) is 2.84. The molecule has 0 aliphatic carbocycles. The lowest BCUT2D eigenvalue weighted by atomic mass is 9.99. The summed E-state index contributed by atoms with van der Waals surface area (Å²) >= 11 is 0. The lowest BCUT2D eigenvalue weighted by Crippen LogP contribution is -1.94. The van der Waals surface area contributed by atoms with Crippen molar-refractivity contribution in [3.05, 3.63) is 104 Å². The van der Waals surface area contributed by atoms with Crippen LogP contribution in [0.4, 0.5) is 0 Å². The Morgan fingerprint density at radius 2 is 0.853 bits per heavy atom. The maximum atomic E-state index is 5.13. The first-order valence-corrected chi connectivity index (χ1v) is 11.1. The lowest BCUT2D eigenvalue weighted by Gasteiger charge is -2.12. The zero-order valence-electron chi connectivity index (χ0n) is 18.1. The summed E-state index contributed by atoms with van der Waals surface area (Å²) < 4.78 is 0. The number of benzene rings is 2. The predicted octanol–water partition coefficient (Wildman–Crippen LogP) is 6.61. The minimum absolute atomic E-state index is 0.884. The summed E-state index contributed by atoms with van der Waals surface area (Å²) in [5, 5.41) is 4.16. The molecule has 7 rings (SSSR count). The highest BCUT2D eigenvalue weighted by Crippen LogP contribution is 2.35. The Labute approximate surface area is 194 Å². The Balaban J connectivity index is 1.51. The summed E-state index contributed by atoms with van der Waals surface area (Å²) in [6.45, 7) is 0. The number of pyridine rings is 5. The zero-order valence-corrected chi connectivity index (χ0v) is 18.1. The Morgan fingerprint density at radius 3 is 1.35 bits per heavy atom. The molecule has 2 aromatic carbocycles. The van der Waals surface area contributed by atoms with Crippen LogP contribution in [-0.4, -0.2) is 24.9 Å². The Hall–Kier alpha value is -4.77. The SMILES string of the molecule is c1cc(-c2cc3cccnc3c3ncccc23)nc(-c2cc3cccnc3c3ncccc23)c1. The van der Waals surface area contributed by atoms with E-state index in [9.17, 15) is 0 Å². The van der Waals surface area contributed by atoms with E-state index >= 15 is 0 Å². The van der Waals surface area contributed by atoms with Crippen molar-refractivity contribution in [2.45, 2.75) is 0 Å². The van der Waals surface area contributed by atoms with Gasteiger partial charge in [-0.15, -0.1) is 0 Å². The van der Waals surface area contributed by atoms with Gasteiger partial charge in [0.15, 0.2) is 0 Å². The molecule has 0 amide bonds. The van der Waals surface area contributed by atoms with Gasteiger partial charge in [-0.3, -0.25) is 19.9 Å². The maximum Gasteiger partial charge on any atom is 0.0971 e. The monoisotopic (exact) mass is 435 g/mol. The number of fused-ring (bicyclic) bond motifs is 6. The van der Waals surface area contributed by atoms with E-state index in [0.29, 0.717) is 0 Å². The average molecular weight is 435 g/mol. The first kappa shape index (κ1) is 18.8. The summed E-state index contributed by atoms with van der Waals surface area (Å²) in [7, 11) is 0. The second-order valence-corrected chi connectivity index (χ2v) is 8.21. The van der Waals surface area contributed by atoms with Gasteiger partial charge < -0.3 is 0 Å². The standard InChI is InChI=1S/C29H17N5/c1-10-24(22-16-18-6-2-12-30-26(18)28-20(22)8-4-14-32-28)34-25(11-1)23-17-19-7-3-13-31-27(19)29-21(23)9-5-15-33-29/h1-17H. The summed E-state index contributed by atoms with van der Waals surface area (Å²) in [5.74, 6) is 0. The van der Waals surface area contributed by atoms with Crippen LogP contribution in [0.25, 0.3) is 66.1 Å². The van der Waals surface area contributed by atoms with Crippen molar-refractivity contribution in [3.8, 4) is 22.5 Å². The fourth-order valence-corrected chi connectivity index (χ4v) is 4.71. The molecule has 7 aromatic rings. The molecular weight excluding hydrogens is 418 g/mol. The van der Waals surface area contributed by atoms with Crippen LogP contribution in [0.1, 0.15) is 0 Å². The van der Waals surface area contributed by atoms with E-state index in [1.54, 1.807) is 0 Å².